The van der Waals surface area contributed by atoms with Crippen LogP contribution < -0.4 is 0 Å². The summed E-state index contributed by atoms with van der Waals surface area (Å²) in [5, 5.41) is 9.56. The fourth-order valence-electron chi connectivity index (χ4n) is 8.91. The Bertz CT molecular complexity index is 845. The number of esters is 2. The molecule has 0 saturated heterocycles. The van der Waals surface area contributed by atoms with Crippen LogP contribution in [0.2, 0.25) is 0 Å². The lowest BCUT2D eigenvalue weighted by Gasteiger charge is -2.15. The zero-order chi connectivity index (χ0) is 44.2. The number of ether oxygens (including phenoxy) is 2. The molecule has 1 unspecified atom stereocenters. The molecule has 1 atom stereocenters. The summed E-state index contributed by atoms with van der Waals surface area (Å²) >= 11 is 0. The number of carbonyl (C=O) groups excluding carboxylic acids is 2. The van der Waals surface area contributed by atoms with E-state index in [2.05, 4.69) is 13.8 Å². The monoisotopic (exact) mass is 863 g/mol. The minimum absolute atomic E-state index is 0.0577. The highest BCUT2D eigenvalue weighted by molar-refractivity contribution is 5.70. The molecule has 0 saturated carbocycles. The number of aliphatic hydroxyl groups is 1. The predicted octanol–water partition coefficient (Wildman–Crippen LogP) is 18.6. The van der Waals surface area contributed by atoms with Gasteiger partial charge in [-0.3, -0.25) is 9.59 Å². The van der Waals surface area contributed by atoms with Gasteiger partial charge in [-0.05, 0) is 12.8 Å². The smallest absolute Gasteiger partial charge is 0.306 e. The van der Waals surface area contributed by atoms with Gasteiger partial charge in [-0.1, -0.05) is 303 Å². The quantitative estimate of drug-likeness (QED) is 0.0487. The van der Waals surface area contributed by atoms with Crippen molar-refractivity contribution in [3.63, 3.8) is 0 Å². The first kappa shape index (κ1) is 59.9. The molecule has 0 bridgehead atoms. The van der Waals surface area contributed by atoms with Crippen LogP contribution in [0.15, 0.2) is 0 Å². The van der Waals surface area contributed by atoms with Crippen molar-refractivity contribution in [1.82, 2.24) is 0 Å². The van der Waals surface area contributed by atoms with Crippen molar-refractivity contribution in [3.05, 3.63) is 0 Å². The standard InChI is InChI=1S/C56H110O5/c1-3-5-7-9-11-13-14-15-16-17-18-19-20-21-22-23-24-25-26-27-28-29-30-31-32-33-34-35-36-37-38-39-40-41-42-43-45-47-49-51-56(59)61-54(52-57)53-60-55(58)50-48-46-44-12-10-8-6-4-2/h54,57H,3-53H2,1-2H3. The van der Waals surface area contributed by atoms with Crippen molar-refractivity contribution in [2.45, 2.75) is 335 Å². The molecular formula is C56H110O5. The molecule has 61 heavy (non-hydrogen) atoms. The minimum Gasteiger partial charge on any atom is -0.462 e. The molecule has 0 spiro atoms. The largest absolute Gasteiger partial charge is 0.462 e. The van der Waals surface area contributed by atoms with E-state index in [9.17, 15) is 14.7 Å². The van der Waals surface area contributed by atoms with Gasteiger partial charge in [-0.25, -0.2) is 0 Å². The van der Waals surface area contributed by atoms with Crippen LogP contribution in [0, 0.1) is 0 Å². The summed E-state index contributed by atoms with van der Waals surface area (Å²) in [6, 6.07) is 0. The molecule has 0 rings (SSSR count). The zero-order valence-electron chi connectivity index (χ0n) is 41.7. The Morgan fingerprint density at radius 2 is 0.508 bits per heavy atom. The molecule has 0 aromatic heterocycles. The van der Waals surface area contributed by atoms with Gasteiger partial charge in [0.1, 0.15) is 6.61 Å². The van der Waals surface area contributed by atoms with Gasteiger partial charge in [0, 0.05) is 12.8 Å². The van der Waals surface area contributed by atoms with E-state index in [0.717, 1.165) is 38.5 Å². The van der Waals surface area contributed by atoms with Crippen LogP contribution in [0.1, 0.15) is 328 Å². The average Bonchev–Trinajstić information content (AvgIpc) is 3.26. The van der Waals surface area contributed by atoms with Crippen LogP contribution in [-0.4, -0.2) is 36.4 Å². The summed E-state index contributed by atoms with van der Waals surface area (Å²) in [7, 11) is 0. The third kappa shape index (κ3) is 51.4. The first-order chi connectivity index (χ1) is 30.1. The lowest BCUT2D eigenvalue weighted by Crippen LogP contribution is -2.28. The summed E-state index contributed by atoms with van der Waals surface area (Å²) in [4.78, 5) is 24.2. The van der Waals surface area contributed by atoms with Crippen LogP contribution in [0.25, 0.3) is 0 Å². The number of unbranched alkanes of at least 4 members (excludes halogenated alkanes) is 45. The molecule has 0 aliphatic carbocycles. The second-order valence-corrected chi connectivity index (χ2v) is 19.4. The number of hydrogen-bond donors (Lipinski definition) is 1. The van der Waals surface area contributed by atoms with Crippen molar-refractivity contribution < 1.29 is 24.2 Å². The van der Waals surface area contributed by atoms with E-state index < -0.39 is 6.10 Å². The highest BCUT2D eigenvalue weighted by atomic mass is 16.6. The van der Waals surface area contributed by atoms with Crippen molar-refractivity contribution in [1.29, 1.82) is 0 Å². The fourth-order valence-corrected chi connectivity index (χ4v) is 8.91. The van der Waals surface area contributed by atoms with E-state index in [0.29, 0.717) is 12.8 Å². The van der Waals surface area contributed by atoms with Crippen LogP contribution in [0.5, 0.6) is 0 Å². The number of hydrogen-bond acceptors (Lipinski definition) is 5. The van der Waals surface area contributed by atoms with E-state index in [1.54, 1.807) is 0 Å². The predicted molar refractivity (Wildman–Crippen MR) is 266 cm³/mol. The Morgan fingerprint density at radius 1 is 0.311 bits per heavy atom. The van der Waals surface area contributed by atoms with Crippen molar-refractivity contribution in [3.8, 4) is 0 Å². The second kappa shape index (κ2) is 53.2. The Hall–Kier alpha value is -1.10. The van der Waals surface area contributed by atoms with Crippen molar-refractivity contribution in [2.24, 2.45) is 0 Å². The molecule has 0 aliphatic heterocycles. The number of carbonyl (C=O) groups is 2. The third-order valence-electron chi connectivity index (χ3n) is 13.2. The summed E-state index contributed by atoms with van der Waals surface area (Å²) in [5.74, 6) is -0.577. The molecule has 0 aliphatic rings. The number of rotatable bonds is 53. The van der Waals surface area contributed by atoms with Crippen LogP contribution >= 0.6 is 0 Å². The minimum atomic E-state index is -0.761. The van der Waals surface area contributed by atoms with Gasteiger partial charge >= 0.3 is 11.9 Å². The Kier molecular flexibility index (Phi) is 52.3. The van der Waals surface area contributed by atoms with Crippen molar-refractivity contribution >= 4 is 11.9 Å². The number of aliphatic hydroxyl groups excluding tert-OH is 1. The van der Waals surface area contributed by atoms with Gasteiger partial charge in [0.2, 0.25) is 0 Å². The van der Waals surface area contributed by atoms with E-state index in [1.165, 1.54) is 263 Å². The molecule has 1 N–H and O–H groups in total. The summed E-state index contributed by atoms with van der Waals surface area (Å²) < 4.78 is 10.6. The van der Waals surface area contributed by atoms with Gasteiger partial charge < -0.3 is 14.6 Å². The van der Waals surface area contributed by atoms with Gasteiger partial charge in [0.05, 0.1) is 6.61 Å². The zero-order valence-corrected chi connectivity index (χ0v) is 41.7. The molecular weight excluding hydrogens is 753 g/mol. The van der Waals surface area contributed by atoms with Crippen LogP contribution in [0.4, 0.5) is 0 Å². The molecule has 0 aromatic carbocycles. The van der Waals surface area contributed by atoms with E-state index in [4.69, 9.17) is 9.47 Å². The first-order valence-electron chi connectivity index (χ1n) is 28.1. The van der Waals surface area contributed by atoms with Crippen LogP contribution in [0.3, 0.4) is 0 Å². The van der Waals surface area contributed by atoms with Gasteiger partial charge in [0.15, 0.2) is 6.10 Å². The Balaban J connectivity index is 3.27. The molecule has 0 fully saturated rings. The maximum absolute atomic E-state index is 12.2. The fraction of sp³-hybridized carbons (Fsp3) is 0.964. The highest BCUT2D eigenvalue weighted by Crippen LogP contribution is 2.18. The lowest BCUT2D eigenvalue weighted by molar-refractivity contribution is -0.161. The molecule has 0 radical (unpaired) electrons. The maximum atomic E-state index is 12.2. The molecule has 0 amide bonds. The van der Waals surface area contributed by atoms with Gasteiger partial charge in [0.25, 0.3) is 0 Å². The SMILES string of the molecule is CCCCCCCCCCCCCCCCCCCCCCCCCCCCCCCCCCCCCCCCCC(=O)OC(CO)COC(=O)CCCCCCCCCC. The van der Waals surface area contributed by atoms with E-state index in [-0.39, 0.29) is 25.2 Å². The Labute approximate surface area is 382 Å². The molecule has 0 aromatic rings. The maximum Gasteiger partial charge on any atom is 0.306 e. The van der Waals surface area contributed by atoms with E-state index >= 15 is 0 Å². The summed E-state index contributed by atoms with van der Waals surface area (Å²) in [6.07, 6.45) is 64.2. The topological polar surface area (TPSA) is 72.8 Å². The van der Waals surface area contributed by atoms with Gasteiger partial charge in [-0.15, -0.1) is 0 Å². The Morgan fingerprint density at radius 3 is 0.721 bits per heavy atom. The second-order valence-electron chi connectivity index (χ2n) is 19.4. The average molecular weight is 863 g/mol. The van der Waals surface area contributed by atoms with Crippen LogP contribution in [-0.2, 0) is 19.1 Å². The third-order valence-corrected chi connectivity index (χ3v) is 13.2. The van der Waals surface area contributed by atoms with E-state index in [1.807, 2.05) is 0 Å². The molecule has 5 nitrogen and oxygen atoms in total. The normalized spacial score (nSPS) is 12.0. The highest BCUT2D eigenvalue weighted by Gasteiger charge is 2.16. The molecule has 5 heteroatoms. The van der Waals surface area contributed by atoms with Gasteiger partial charge in [-0.2, -0.15) is 0 Å². The molecule has 0 heterocycles. The summed E-state index contributed by atoms with van der Waals surface area (Å²) in [6.45, 7) is 4.15. The molecule has 364 valence electrons. The lowest BCUT2D eigenvalue weighted by atomic mass is 10.0. The van der Waals surface area contributed by atoms with Crippen molar-refractivity contribution in [2.75, 3.05) is 13.2 Å². The first-order valence-corrected chi connectivity index (χ1v) is 28.1. The summed E-state index contributed by atoms with van der Waals surface area (Å²) in [5.41, 5.74) is 0.